The van der Waals surface area contributed by atoms with E-state index in [1.165, 1.54) is 6.42 Å². The Morgan fingerprint density at radius 3 is 2.76 bits per heavy atom. The van der Waals surface area contributed by atoms with Gasteiger partial charge in [-0.25, -0.2) is 0 Å². The average Bonchev–Trinajstić information content (AvgIpc) is 2.26. The van der Waals surface area contributed by atoms with Gasteiger partial charge in [-0.05, 0) is 32.6 Å². The van der Waals surface area contributed by atoms with Gasteiger partial charge in [0.15, 0.2) is 0 Å². The van der Waals surface area contributed by atoms with Gasteiger partial charge in [-0.3, -0.25) is 4.79 Å². The van der Waals surface area contributed by atoms with Gasteiger partial charge in [0, 0.05) is 18.5 Å². The fraction of sp³-hybridized carbons (Fsp3) is 0.923. The van der Waals surface area contributed by atoms with E-state index in [0.717, 1.165) is 19.3 Å². The molecular weight excluding hydrogens is 216 g/mol. The highest BCUT2D eigenvalue weighted by Gasteiger charge is 2.38. The highest BCUT2D eigenvalue weighted by molar-refractivity contribution is 5.78. The number of morpholine rings is 1. The van der Waals surface area contributed by atoms with Gasteiger partial charge in [0.25, 0.3) is 0 Å². The van der Waals surface area contributed by atoms with Crippen LogP contribution in [-0.4, -0.2) is 41.6 Å². The van der Waals surface area contributed by atoms with E-state index in [0.29, 0.717) is 19.6 Å². The van der Waals surface area contributed by atoms with Crippen molar-refractivity contribution in [2.75, 3.05) is 13.2 Å². The number of amides is 1. The van der Waals surface area contributed by atoms with Crippen molar-refractivity contribution in [3.63, 3.8) is 0 Å². The molecule has 0 bridgehead atoms. The van der Waals surface area contributed by atoms with Crippen molar-refractivity contribution in [1.82, 2.24) is 4.90 Å². The molecule has 1 aliphatic heterocycles. The molecule has 1 saturated heterocycles. The summed E-state index contributed by atoms with van der Waals surface area (Å²) < 4.78 is 5.61. The Hall–Kier alpha value is -0.610. The smallest absolute Gasteiger partial charge is 0.224 e. The zero-order chi connectivity index (χ0) is 12.5. The quantitative estimate of drug-likeness (QED) is 0.808. The van der Waals surface area contributed by atoms with Gasteiger partial charge in [-0.1, -0.05) is 6.92 Å². The van der Waals surface area contributed by atoms with E-state index in [1.807, 2.05) is 11.8 Å². The highest BCUT2D eigenvalue weighted by atomic mass is 16.5. The van der Waals surface area contributed by atoms with Gasteiger partial charge in [0.05, 0.1) is 18.8 Å². The van der Waals surface area contributed by atoms with Crippen molar-refractivity contribution in [2.45, 2.75) is 63.6 Å². The lowest BCUT2D eigenvalue weighted by molar-refractivity contribution is -0.146. The number of carbonyl (C=O) groups excluding carboxylic acids is 1. The van der Waals surface area contributed by atoms with E-state index in [9.17, 15) is 4.79 Å². The summed E-state index contributed by atoms with van der Waals surface area (Å²) in [6, 6.07) is 0.238. The number of rotatable bonds is 3. The first-order chi connectivity index (χ1) is 8.04. The molecular formula is C13H24N2O2. The standard InChI is InChI=1S/C13H24N2O2/c1-3-11-9-17-10(2)8-15(11)12(16)7-13(14)5-4-6-13/h10-11H,3-9,14H2,1-2H3. The summed E-state index contributed by atoms with van der Waals surface area (Å²) in [7, 11) is 0. The van der Waals surface area contributed by atoms with Gasteiger partial charge in [-0.15, -0.1) is 0 Å². The normalized spacial score (nSPS) is 32.1. The van der Waals surface area contributed by atoms with Crippen LogP contribution in [0.5, 0.6) is 0 Å². The molecule has 0 aromatic heterocycles. The second kappa shape index (κ2) is 4.94. The predicted molar refractivity (Wildman–Crippen MR) is 66.6 cm³/mol. The van der Waals surface area contributed by atoms with Crippen molar-refractivity contribution in [1.29, 1.82) is 0 Å². The van der Waals surface area contributed by atoms with Crippen molar-refractivity contribution in [3.8, 4) is 0 Å². The maximum Gasteiger partial charge on any atom is 0.224 e. The summed E-state index contributed by atoms with van der Waals surface area (Å²) in [6.07, 6.45) is 4.77. The van der Waals surface area contributed by atoms with E-state index >= 15 is 0 Å². The molecule has 2 aliphatic rings. The Morgan fingerprint density at radius 1 is 1.53 bits per heavy atom. The fourth-order valence-electron chi connectivity index (χ4n) is 2.70. The van der Waals surface area contributed by atoms with Crippen LogP contribution in [0.2, 0.25) is 0 Å². The van der Waals surface area contributed by atoms with Crippen LogP contribution in [0, 0.1) is 0 Å². The topological polar surface area (TPSA) is 55.6 Å². The van der Waals surface area contributed by atoms with E-state index < -0.39 is 0 Å². The molecule has 2 N–H and O–H groups in total. The molecule has 17 heavy (non-hydrogen) atoms. The average molecular weight is 240 g/mol. The minimum absolute atomic E-state index is 0.150. The molecule has 2 atom stereocenters. The van der Waals surface area contributed by atoms with E-state index in [2.05, 4.69) is 6.92 Å². The maximum absolute atomic E-state index is 12.3. The second-order valence-corrected chi connectivity index (χ2v) is 5.64. The van der Waals surface area contributed by atoms with Gasteiger partial charge < -0.3 is 15.4 Å². The zero-order valence-electron chi connectivity index (χ0n) is 10.9. The largest absolute Gasteiger partial charge is 0.375 e. The first-order valence-electron chi connectivity index (χ1n) is 6.74. The van der Waals surface area contributed by atoms with Crippen LogP contribution in [0.15, 0.2) is 0 Å². The Morgan fingerprint density at radius 2 is 2.24 bits per heavy atom. The summed E-state index contributed by atoms with van der Waals surface area (Å²) in [5, 5.41) is 0. The van der Waals surface area contributed by atoms with Crippen LogP contribution in [0.3, 0.4) is 0 Å². The molecule has 1 amide bonds. The zero-order valence-corrected chi connectivity index (χ0v) is 10.9. The lowest BCUT2D eigenvalue weighted by Gasteiger charge is -2.43. The van der Waals surface area contributed by atoms with Gasteiger partial charge in [0.2, 0.25) is 5.91 Å². The number of ether oxygens (including phenoxy) is 1. The summed E-state index contributed by atoms with van der Waals surface area (Å²) in [6.45, 7) is 5.51. The highest BCUT2D eigenvalue weighted by Crippen LogP contribution is 2.33. The van der Waals surface area contributed by atoms with Crippen molar-refractivity contribution >= 4 is 5.91 Å². The molecule has 2 fully saturated rings. The van der Waals surface area contributed by atoms with Gasteiger partial charge in [-0.2, -0.15) is 0 Å². The van der Waals surface area contributed by atoms with Crippen molar-refractivity contribution < 1.29 is 9.53 Å². The predicted octanol–water partition coefficient (Wildman–Crippen LogP) is 1.28. The molecule has 1 heterocycles. The Balaban J connectivity index is 1.95. The lowest BCUT2D eigenvalue weighted by Crippen LogP contribution is -2.56. The molecule has 2 unspecified atom stereocenters. The summed E-state index contributed by atoms with van der Waals surface area (Å²) in [4.78, 5) is 14.3. The van der Waals surface area contributed by atoms with E-state index in [1.54, 1.807) is 0 Å². The molecule has 98 valence electrons. The minimum Gasteiger partial charge on any atom is -0.375 e. The molecule has 0 aromatic rings. The Labute approximate surface area is 103 Å². The number of carbonyl (C=O) groups is 1. The lowest BCUT2D eigenvalue weighted by atomic mass is 9.75. The maximum atomic E-state index is 12.3. The summed E-state index contributed by atoms with van der Waals surface area (Å²) >= 11 is 0. The number of hydrogen-bond donors (Lipinski definition) is 1. The SMILES string of the molecule is CCC1COC(C)CN1C(=O)CC1(N)CCC1. The van der Waals surface area contributed by atoms with E-state index in [-0.39, 0.29) is 23.6 Å². The van der Waals surface area contributed by atoms with Crippen LogP contribution in [0.25, 0.3) is 0 Å². The molecule has 4 nitrogen and oxygen atoms in total. The first kappa shape index (κ1) is 12.8. The molecule has 1 aliphatic carbocycles. The van der Waals surface area contributed by atoms with Crippen LogP contribution in [-0.2, 0) is 9.53 Å². The number of nitrogens with zero attached hydrogens (tertiary/aromatic N) is 1. The second-order valence-electron chi connectivity index (χ2n) is 5.64. The number of nitrogens with two attached hydrogens (primary N) is 1. The molecule has 0 radical (unpaired) electrons. The first-order valence-corrected chi connectivity index (χ1v) is 6.74. The monoisotopic (exact) mass is 240 g/mol. The van der Waals surface area contributed by atoms with Crippen molar-refractivity contribution in [3.05, 3.63) is 0 Å². The Bertz CT molecular complexity index is 289. The molecule has 1 saturated carbocycles. The van der Waals surface area contributed by atoms with Gasteiger partial charge >= 0.3 is 0 Å². The number of hydrogen-bond acceptors (Lipinski definition) is 3. The van der Waals surface area contributed by atoms with E-state index in [4.69, 9.17) is 10.5 Å². The Kier molecular flexibility index (Phi) is 3.73. The van der Waals surface area contributed by atoms with Crippen LogP contribution >= 0.6 is 0 Å². The third-order valence-electron chi connectivity index (χ3n) is 4.11. The fourth-order valence-corrected chi connectivity index (χ4v) is 2.70. The van der Waals surface area contributed by atoms with Crippen molar-refractivity contribution in [2.24, 2.45) is 5.73 Å². The molecule has 0 aromatic carbocycles. The molecule has 4 heteroatoms. The third-order valence-corrected chi connectivity index (χ3v) is 4.11. The van der Waals surface area contributed by atoms with Crippen LogP contribution in [0.4, 0.5) is 0 Å². The van der Waals surface area contributed by atoms with Crippen LogP contribution in [0.1, 0.15) is 46.0 Å². The molecule has 0 spiro atoms. The van der Waals surface area contributed by atoms with Gasteiger partial charge in [0.1, 0.15) is 0 Å². The summed E-state index contributed by atoms with van der Waals surface area (Å²) in [5.41, 5.74) is 5.94. The third kappa shape index (κ3) is 2.80. The van der Waals surface area contributed by atoms with Crippen LogP contribution < -0.4 is 5.73 Å². The minimum atomic E-state index is -0.211. The summed E-state index contributed by atoms with van der Waals surface area (Å²) in [5.74, 6) is 0.217. The molecule has 2 rings (SSSR count).